The highest BCUT2D eigenvalue weighted by Crippen LogP contribution is 2.36. The lowest BCUT2D eigenvalue weighted by Crippen LogP contribution is -2.38. The Bertz CT molecular complexity index is 1280. The quantitative estimate of drug-likeness (QED) is 0.436. The molecular formula is C24H27N3O5S3. The standard InChI is InChI=1S/C24H27N3O5S3/c1-25-35(30,31)22-11-10-18(33-22)15-26-24(29)23-19(14-20(34-23)17-8-4-2-5-9-17)32-16-21(28)27-12-6-3-7-13-27/h2,4-5,8-11,14,25H,3,6-7,12-13,15-16H2,1H3,(H,26,29). The second kappa shape index (κ2) is 11.3. The summed E-state index contributed by atoms with van der Waals surface area (Å²) in [6.07, 6.45) is 3.12. The maximum atomic E-state index is 13.1. The molecule has 0 bridgehead atoms. The molecule has 1 fully saturated rings. The number of benzene rings is 1. The Morgan fingerprint density at radius 3 is 2.49 bits per heavy atom. The van der Waals surface area contributed by atoms with Crippen LogP contribution in [0, 0.1) is 0 Å². The fourth-order valence-electron chi connectivity index (χ4n) is 3.70. The van der Waals surface area contributed by atoms with Gasteiger partial charge >= 0.3 is 0 Å². The number of rotatable bonds is 9. The van der Waals surface area contributed by atoms with Crippen molar-refractivity contribution in [2.75, 3.05) is 26.7 Å². The van der Waals surface area contributed by atoms with Gasteiger partial charge in [-0.2, -0.15) is 0 Å². The highest BCUT2D eigenvalue weighted by atomic mass is 32.2. The molecule has 8 nitrogen and oxygen atoms in total. The van der Waals surface area contributed by atoms with Crippen LogP contribution in [-0.4, -0.2) is 51.9 Å². The van der Waals surface area contributed by atoms with Crippen molar-refractivity contribution in [3.8, 4) is 16.2 Å². The first-order valence-electron chi connectivity index (χ1n) is 11.3. The van der Waals surface area contributed by atoms with Crippen LogP contribution in [0.15, 0.2) is 52.7 Å². The number of hydrogen-bond acceptors (Lipinski definition) is 7. The molecule has 0 saturated carbocycles. The molecule has 1 aliphatic heterocycles. The number of carbonyl (C=O) groups is 2. The second-order valence-electron chi connectivity index (χ2n) is 8.01. The van der Waals surface area contributed by atoms with Crippen molar-refractivity contribution in [2.24, 2.45) is 0 Å². The number of thiophene rings is 2. The van der Waals surface area contributed by atoms with Gasteiger partial charge in [0.05, 0.1) is 6.54 Å². The number of amides is 2. The minimum atomic E-state index is -3.53. The predicted octanol–water partition coefficient (Wildman–Crippen LogP) is 3.71. The van der Waals surface area contributed by atoms with Crippen molar-refractivity contribution in [1.29, 1.82) is 0 Å². The SMILES string of the molecule is CNS(=O)(=O)c1ccc(CNC(=O)c2sc(-c3ccccc3)cc2OCC(=O)N2CCCCC2)s1. The van der Waals surface area contributed by atoms with E-state index in [1.807, 2.05) is 30.3 Å². The van der Waals surface area contributed by atoms with Gasteiger partial charge in [0, 0.05) is 22.8 Å². The van der Waals surface area contributed by atoms with Gasteiger partial charge in [0.1, 0.15) is 14.8 Å². The van der Waals surface area contributed by atoms with Crippen LogP contribution in [0.3, 0.4) is 0 Å². The second-order valence-corrected chi connectivity index (χ2v) is 12.3. The van der Waals surface area contributed by atoms with Gasteiger partial charge < -0.3 is 15.0 Å². The number of hydrogen-bond donors (Lipinski definition) is 2. The summed E-state index contributed by atoms with van der Waals surface area (Å²) in [5.74, 6) is -0.0641. The van der Waals surface area contributed by atoms with E-state index in [1.165, 1.54) is 24.5 Å². The maximum absolute atomic E-state index is 13.1. The summed E-state index contributed by atoms with van der Waals surface area (Å²) in [6.45, 7) is 1.52. The van der Waals surface area contributed by atoms with Gasteiger partial charge in [0.2, 0.25) is 10.0 Å². The number of ether oxygens (including phenoxy) is 1. The third kappa shape index (κ3) is 6.29. The molecule has 1 saturated heterocycles. The largest absolute Gasteiger partial charge is 0.482 e. The van der Waals surface area contributed by atoms with E-state index in [2.05, 4.69) is 10.0 Å². The number of nitrogens with one attached hydrogen (secondary N) is 2. The van der Waals surface area contributed by atoms with Gasteiger partial charge in [0.25, 0.3) is 11.8 Å². The fraction of sp³-hybridized carbons (Fsp3) is 0.333. The zero-order chi connectivity index (χ0) is 24.8. The topological polar surface area (TPSA) is 105 Å². The van der Waals surface area contributed by atoms with Crippen LogP contribution in [0.5, 0.6) is 5.75 Å². The maximum Gasteiger partial charge on any atom is 0.265 e. The van der Waals surface area contributed by atoms with E-state index in [0.29, 0.717) is 15.5 Å². The van der Waals surface area contributed by atoms with Crippen LogP contribution in [0.25, 0.3) is 10.4 Å². The number of carbonyl (C=O) groups excluding carboxylic acids is 2. The summed E-state index contributed by atoms with van der Waals surface area (Å²) in [5, 5.41) is 2.85. The first-order valence-corrected chi connectivity index (χ1v) is 14.4. The van der Waals surface area contributed by atoms with Crippen molar-refractivity contribution in [3.63, 3.8) is 0 Å². The number of piperidine rings is 1. The predicted molar refractivity (Wildman–Crippen MR) is 137 cm³/mol. The highest BCUT2D eigenvalue weighted by Gasteiger charge is 2.22. The minimum Gasteiger partial charge on any atom is -0.482 e. The number of nitrogens with zero attached hydrogens (tertiary/aromatic N) is 1. The van der Waals surface area contributed by atoms with E-state index in [9.17, 15) is 18.0 Å². The molecule has 2 amide bonds. The molecule has 0 atom stereocenters. The smallest absolute Gasteiger partial charge is 0.265 e. The monoisotopic (exact) mass is 533 g/mol. The number of sulfonamides is 1. The van der Waals surface area contributed by atoms with Crippen LogP contribution in [0.4, 0.5) is 0 Å². The van der Waals surface area contributed by atoms with Crippen LogP contribution < -0.4 is 14.8 Å². The zero-order valence-electron chi connectivity index (χ0n) is 19.3. The summed E-state index contributed by atoms with van der Waals surface area (Å²) in [6, 6.07) is 14.6. The van der Waals surface area contributed by atoms with Crippen molar-refractivity contribution in [3.05, 3.63) is 58.3 Å². The van der Waals surface area contributed by atoms with Gasteiger partial charge in [-0.15, -0.1) is 22.7 Å². The molecule has 3 heterocycles. The Morgan fingerprint density at radius 2 is 1.77 bits per heavy atom. The van der Waals surface area contributed by atoms with Gasteiger partial charge in [-0.1, -0.05) is 30.3 Å². The number of likely N-dealkylation sites (tertiary alicyclic amines) is 1. The van der Waals surface area contributed by atoms with Crippen LogP contribution in [-0.2, 0) is 21.4 Å². The molecule has 1 aromatic carbocycles. The lowest BCUT2D eigenvalue weighted by molar-refractivity contribution is -0.134. The van der Waals surface area contributed by atoms with Crippen LogP contribution >= 0.6 is 22.7 Å². The molecule has 3 aromatic rings. The molecule has 1 aliphatic rings. The summed E-state index contributed by atoms with van der Waals surface area (Å²) in [5.41, 5.74) is 0.948. The van der Waals surface area contributed by atoms with E-state index < -0.39 is 10.0 Å². The Kier molecular flexibility index (Phi) is 8.22. The van der Waals surface area contributed by atoms with Gasteiger partial charge in [-0.25, -0.2) is 13.1 Å². The molecule has 4 rings (SSSR count). The minimum absolute atomic E-state index is 0.0830. The van der Waals surface area contributed by atoms with E-state index >= 15 is 0 Å². The first kappa shape index (κ1) is 25.4. The van der Waals surface area contributed by atoms with Crippen molar-refractivity contribution in [1.82, 2.24) is 14.9 Å². The molecule has 186 valence electrons. The molecule has 0 spiro atoms. The normalized spacial score (nSPS) is 14.0. The average molecular weight is 534 g/mol. The third-order valence-corrected chi connectivity index (χ3v) is 9.77. The lowest BCUT2D eigenvalue weighted by atomic mass is 10.1. The van der Waals surface area contributed by atoms with Crippen molar-refractivity contribution < 1.29 is 22.7 Å². The van der Waals surface area contributed by atoms with E-state index in [-0.39, 0.29) is 29.2 Å². The lowest BCUT2D eigenvalue weighted by Gasteiger charge is -2.26. The summed E-state index contributed by atoms with van der Waals surface area (Å²) < 4.78 is 32.3. The summed E-state index contributed by atoms with van der Waals surface area (Å²) in [7, 11) is -2.17. The summed E-state index contributed by atoms with van der Waals surface area (Å²) >= 11 is 2.39. The molecular weight excluding hydrogens is 506 g/mol. The molecule has 0 radical (unpaired) electrons. The summed E-state index contributed by atoms with van der Waals surface area (Å²) in [4.78, 5) is 29.4. The molecule has 0 aliphatic carbocycles. The van der Waals surface area contributed by atoms with E-state index in [4.69, 9.17) is 4.74 Å². The average Bonchev–Trinajstić information content (AvgIpc) is 3.55. The Balaban J connectivity index is 1.49. The van der Waals surface area contributed by atoms with Crippen molar-refractivity contribution in [2.45, 2.75) is 30.0 Å². The van der Waals surface area contributed by atoms with Gasteiger partial charge in [-0.3, -0.25) is 9.59 Å². The van der Waals surface area contributed by atoms with E-state index in [1.54, 1.807) is 17.0 Å². The Hall–Kier alpha value is -2.73. The molecule has 0 unspecified atom stereocenters. The molecule has 11 heteroatoms. The van der Waals surface area contributed by atoms with Gasteiger partial charge in [-0.05, 0) is 50.1 Å². The van der Waals surface area contributed by atoms with E-state index in [0.717, 1.165) is 54.1 Å². The van der Waals surface area contributed by atoms with Gasteiger partial charge in [0.15, 0.2) is 6.61 Å². The third-order valence-electron chi connectivity index (χ3n) is 5.62. The Morgan fingerprint density at radius 1 is 1.03 bits per heavy atom. The van der Waals surface area contributed by atoms with Crippen molar-refractivity contribution >= 4 is 44.5 Å². The highest BCUT2D eigenvalue weighted by molar-refractivity contribution is 7.91. The molecule has 2 aromatic heterocycles. The zero-order valence-corrected chi connectivity index (χ0v) is 21.7. The van der Waals surface area contributed by atoms with Crippen LogP contribution in [0.1, 0.15) is 33.8 Å². The first-order chi connectivity index (χ1) is 16.9. The van der Waals surface area contributed by atoms with Crippen LogP contribution in [0.2, 0.25) is 0 Å². The fourth-order valence-corrected chi connectivity index (χ4v) is 6.86. The molecule has 2 N–H and O–H groups in total. The molecule has 35 heavy (non-hydrogen) atoms. The Labute approximate surface area is 213 Å².